The minimum Gasteiger partial charge on any atom is -0.494 e. The predicted molar refractivity (Wildman–Crippen MR) is 60.2 cm³/mol. The van der Waals surface area contributed by atoms with E-state index in [1.807, 2.05) is 19.1 Å². The lowest BCUT2D eigenvalue weighted by Gasteiger charge is -2.05. The van der Waals surface area contributed by atoms with Crippen LogP contribution in [0.25, 0.3) is 0 Å². The normalized spacial score (nSPS) is 9.73. The summed E-state index contributed by atoms with van der Waals surface area (Å²) in [7, 11) is 0. The van der Waals surface area contributed by atoms with Gasteiger partial charge in [-0.25, -0.2) is 0 Å². The molecule has 1 aromatic carbocycles. The molecule has 82 valence electrons. The van der Waals surface area contributed by atoms with Crippen LogP contribution in [0, 0.1) is 0 Å². The lowest BCUT2D eigenvalue weighted by Crippen LogP contribution is -2.22. The van der Waals surface area contributed by atoms with Crippen molar-refractivity contribution in [1.82, 2.24) is 5.32 Å². The van der Waals surface area contributed by atoms with Gasteiger partial charge in [-0.15, -0.1) is 0 Å². The van der Waals surface area contributed by atoms with Gasteiger partial charge in [-0.05, 0) is 37.6 Å². The Labute approximate surface area is 90.4 Å². The molecule has 0 spiro atoms. The maximum absolute atomic E-state index is 11.4. The van der Waals surface area contributed by atoms with Gasteiger partial charge in [0.1, 0.15) is 5.75 Å². The molecule has 0 atom stereocenters. The lowest BCUT2D eigenvalue weighted by molar-refractivity contribution is 0.0956. The number of carbonyl (C=O) groups is 1. The molecule has 0 aliphatic carbocycles. The zero-order valence-electron chi connectivity index (χ0n) is 9.25. The molecule has 1 N–H and O–H groups in total. The third-order valence-corrected chi connectivity index (χ3v) is 1.93. The van der Waals surface area contributed by atoms with E-state index in [1.54, 1.807) is 12.1 Å². The number of amides is 1. The first kappa shape index (κ1) is 11.6. The van der Waals surface area contributed by atoms with Crippen LogP contribution in [0.4, 0.5) is 0 Å². The minimum absolute atomic E-state index is 0.0421. The summed E-state index contributed by atoms with van der Waals surface area (Å²) in [6.45, 7) is 5.31. The molecule has 0 aliphatic heterocycles. The largest absolute Gasteiger partial charge is 0.494 e. The molecule has 0 fully saturated rings. The molecular formula is C12H17NO2. The monoisotopic (exact) mass is 207 g/mol. The summed E-state index contributed by atoms with van der Waals surface area (Å²) >= 11 is 0. The van der Waals surface area contributed by atoms with Crippen molar-refractivity contribution < 1.29 is 9.53 Å². The number of nitrogens with one attached hydrogen (secondary N) is 1. The second-order valence-electron chi connectivity index (χ2n) is 3.23. The molecular weight excluding hydrogens is 190 g/mol. The van der Waals surface area contributed by atoms with Crippen molar-refractivity contribution in [3.05, 3.63) is 29.8 Å². The molecule has 1 aromatic rings. The molecule has 0 aromatic heterocycles. The first-order chi connectivity index (χ1) is 7.27. The van der Waals surface area contributed by atoms with Crippen molar-refractivity contribution >= 4 is 5.91 Å². The summed E-state index contributed by atoms with van der Waals surface area (Å²) in [5, 5.41) is 2.74. The Hall–Kier alpha value is -1.51. The molecule has 0 saturated carbocycles. The van der Waals surface area contributed by atoms with Gasteiger partial charge in [-0.3, -0.25) is 4.79 Å². The highest BCUT2D eigenvalue weighted by Gasteiger charge is 2.03. The summed E-state index contributed by atoms with van der Waals surface area (Å²) in [5.41, 5.74) is 0.667. The fraction of sp³-hybridized carbons (Fsp3) is 0.417. The maximum atomic E-state index is 11.4. The van der Waals surface area contributed by atoms with Crippen LogP contribution < -0.4 is 10.1 Å². The van der Waals surface area contributed by atoms with E-state index in [2.05, 4.69) is 12.2 Å². The van der Waals surface area contributed by atoms with Crippen LogP contribution in [0.15, 0.2) is 24.3 Å². The van der Waals surface area contributed by atoms with Crippen molar-refractivity contribution in [3.63, 3.8) is 0 Å². The van der Waals surface area contributed by atoms with Gasteiger partial charge in [0.05, 0.1) is 6.61 Å². The second-order valence-corrected chi connectivity index (χ2v) is 3.23. The number of carbonyl (C=O) groups excluding carboxylic acids is 1. The number of hydrogen-bond acceptors (Lipinski definition) is 2. The molecule has 0 unspecified atom stereocenters. The third-order valence-electron chi connectivity index (χ3n) is 1.93. The van der Waals surface area contributed by atoms with Crippen molar-refractivity contribution in [3.8, 4) is 5.75 Å². The number of rotatable bonds is 5. The summed E-state index contributed by atoms with van der Waals surface area (Å²) in [4.78, 5) is 11.4. The highest BCUT2D eigenvalue weighted by atomic mass is 16.5. The molecule has 3 nitrogen and oxygen atoms in total. The van der Waals surface area contributed by atoms with Crippen molar-refractivity contribution in [2.45, 2.75) is 20.3 Å². The third kappa shape index (κ3) is 3.62. The quantitative estimate of drug-likeness (QED) is 0.804. The van der Waals surface area contributed by atoms with Crippen LogP contribution in [0.3, 0.4) is 0 Å². The molecule has 1 rings (SSSR count). The van der Waals surface area contributed by atoms with E-state index in [9.17, 15) is 4.79 Å². The van der Waals surface area contributed by atoms with E-state index < -0.39 is 0 Å². The van der Waals surface area contributed by atoms with Gasteiger partial charge in [-0.1, -0.05) is 6.92 Å². The Kier molecular flexibility index (Phi) is 4.68. The highest BCUT2D eigenvalue weighted by molar-refractivity contribution is 5.94. The fourth-order valence-electron chi connectivity index (χ4n) is 1.19. The molecule has 15 heavy (non-hydrogen) atoms. The summed E-state index contributed by atoms with van der Waals surface area (Å²) in [5.74, 6) is 0.768. The zero-order valence-corrected chi connectivity index (χ0v) is 9.25. The van der Waals surface area contributed by atoms with Crippen molar-refractivity contribution in [2.75, 3.05) is 13.2 Å². The van der Waals surface area contributed by atoms with Crippen molar-refractivity contribution in [1.29, 1.82) is 0 Å². The minimum atomic E-state index is -0.0421. The van der Waals surface area contributed by atoms with E-state index in [0.717, 1.165) is 12.2 Å². The van der Waals surface area contributed by atoms with E-state index >= 15 is 0 Å². The second kappa shape index (κ2) is 6.06. The predicted octanol–water partition coefficient (Wildman–Crippen LogP) is 2.23. The van der Waals surface area contributed by atoms with E-state index in [4.69, 9.17) is 4.74 Å². The van der Waals surface area contributed by atoms with Gasteiger partial charge in [0.25, 0.3) is 5.91 Å². The van der Waals surface area contributed by atoms with Gasteiger partial charge in [0.15, 0.2) is 0 Å². The van der Waals surface area contributed by atoms with E-state index in [-0.39, 0.29) is 5.91 Å². The Morgan fingerprint density at radius 2 is 1.93 bits per heavy atom. The molecule has 0 heterocycles. The fourth-order valence-corrected chi connectivity index (χ4v) is 1.19. The molecule has 0 saturated heterocycles. The van der Waals surface area contributed by atoms with Gasteiger partial charge in [0, 0.05) is 12.1 Å². The van der Waals surface area contributed by atoms with Crippen LogP contribution in [-0.2, 0) is 0 Å². The lowest BCUT2D eigenvalue weighted by atomic mass is 10.2. The van der Waals surface area contributed by atoms with E-state index in [0.29, 0.717) is 18.7 Å². The number of hydrogen-bond donors (Lipinski definition) is 1. The van der Waals surface area contributed by atoms with Crippen LogP contribution in [0.5, 0.6) is 5.75 Å². The summed E-state index contributed by atoms with van der Waals surface area (Å²) < 4.78 is 5.42. The maximum Gasteiger partial charge on any atom is 0.251 e. The molecule has 0 bridgehead atoms. The Balaban J connectivity index is 2.59. The van der Waals surface area contributed by atoms with Crippen LogP contribution in [-0.4, -0.2) is 19.1 Å². The Bertz CT molecular complexity index is 306. The van der Waals surface area contributed by atoms with Gasteiger partial charge < -0.3 is 10.1 Å². The topological polar surface area (TPSA) is 38.3 Å². The van der Waals surface area contributed by atoms with Crippen LogP contribution in [0.1, 0.15) is 30.6 Å². The van der Waals surface area contributed by atoms with Gasteiger partial charge in [-0.2, -0.15) is 0 Å². The van der Waals surface area contributed by atoms with Gasteiger partial charge in [0.2, 0.25) is 0 Å². The first-order valence-electron chi connectivity index (χ1n) is 5.29. The van der Waals surface area contributed by atoms with Gasteiger partial charge >= 0.3 is 0 Å². The van der Waals surface area contributed by atoms with Crippen molar-refractivity contribution in [2.24, 2.45) is 0 Å². The summed E-state index contributed by atoms with van der Waals surface area (Å²) in [6, 6.07) is 7.19. The number of ether oxygens (including phenoxy) is 1. The molecule has 1 amide bonds. The molecule has 0 radical (unpaired) electrons. The van der Waals surface area contributed by atoms with Crippen LogP contribution in [0.2, 0.25) is 0 Å². The smallest absolute Gasteiger partial charge is 0.251 e. The average molecular weight is 207 g/mol. The summed E-state index contributed by atoms with van der Waals surface area (Å²) in [6.07, 6.45) is 0.984. The standard InChI is InChI=1S/C12H17NO2/c1-3-9-15-11-7-5-10(6-8-11)12(14)13-4-2/h5-8H,3-4,9H2,1-2H3,(H,13,14). The average Bonchev–Trinajstić information content (AvgIpc) is 2.27. The molecule has 0 aliphatic rings. The Morgan fingerprint density at radius 3 is 2.47 bits per heavy atom. The molecule has 3 heteroatoms. The Morgan fingerprint density at radius 1 is 1.27 bits per heavy atom. The number of benzene rings is 1. The highest BCUT2D eigenvalue weighted by Crippen LogP contribution is 2.12. The zero-order chi connectivity index (χ0) is 11.1. The van der Waals surface area contributed by atoms with Crippen LogP contribution >= 0.6 is 0 Å². The van der Waals surface area contributed by atoms with E-state index in [1.165, 1.54) is 0 Å². The SMILES string of the molecule is CCCOc1ccc(C(=O)NCC)cc1. The first-order valence-corrected chi connectivity index (χ1v) is 5.29.